The number of allylic oxidation sites excluding steroid dienone is 1. The molecule has 61 heavy (non-hydrogen) atoms. The number of carbonyl (C=O) groups excluding carboxylic acids is 2. The van der Waals surface area contributed by atoms with Gasteiger partial charge in [-0.2, -0.15) is 18.3 Å². The second-order valence-corrected chi connectivity index (χ2v) is 18.3. The molecule has 1 spiro atoms. The average Bonchev–Trinajstić information content (AvgIpc) is 3.72. The minimum Gasteiger partial charge on any atom is -0.370 e. The Labute approximate surface area is 357 Å². The first kappa shape index (κ1) is 42.9. The van der Waals surface area contributed by atoms with Crippen molar-refractivity contribution in [1.82, 2.24) is 35.3 Å². The molecular weight excluding hydrogens is 780 g/mol. The number of aromatic amines is 1. The van der Waals surface area contributed by atoms with Crippen LogP contribution in [0.15, 0.2) is 67.1 Å². The Morgan fingerprint density at radius 3 is 2.28 bits per heavy atom. The number of nitrogens with one attached hydrogen (secondary N) is 2. The summed E-state index contributed by atoms with van der Waals surface area (Å²) in [4.78, 5) is 43.9. The quantitative estimate of drug-likeness (QED) is 0.123. The van der Waals surface area contributed by atoms with Gasteiger partial charge in [-0.25, -0.2) is 4.98 Å². The molecule has 4 aromatic rings. The topological polar surface area (TPSA) is 114 Å². The summed E-state index contributed by atoms with van der Waals surface area (Å²) in [6, 6.07) is 10.1. The zero-order valence-corrected chi connectivity index (χ0v) is 35.8. The fourth-order valence-electron chi connectivity index (χ4n) is 10.5. The number of ketones is 1. The van der Waals surface area contributed by atoms with Crippen LogP contribution in [-0.4, -0.2) is 112 Å². The number of aromatic nitrogens is 4. The molecule has 3 fully saturated rings. The number of H-pyrrole nitrogens is 1. The minimum atomic E-state index is -4.33. The highest BCUT2D eigenvalue weighted by Gasteiger charge is 2.46. The molecule has 0 radical (unpaired) electrons. The summed E-state index contributed by atoms with van der Waals surface area (Å²) in [7, 11) is 0. The SMILES string of the molecule is C=C(C)CCC(NC(=O)c1ccc(N2CCN(CC3CC4(CCN(c5ccc(C6c7ccc8[nH]ncc8c7C[C@@H](C)N6CC(F)(F)F)nc5)CC4)C3)CC2)cn1)C(=O)CCC. The smallest absolute Gasteiger partial charge is 0.370 e. The zero-order chi connectivity index (χ0) is 42.9. The fourth-order valence-corrected chi connectivity index (χ4v) is 10.5. The van der Waals surface area contributed by atoms with E-state index in [9.17, 15) is 22.8 Å². The summed E-state index contributed by atoms with van der Waals surface area (Å²) in [5.74, 6) is 0.426. The van der Waals surface area contributed by atoms with Gasteiger partial charge in [-0.3, -0.25) is 29.5 Å². The maximum atomic E-state index is 13.9. The van der Waals surface area contributed by atoms with E-state index in [1.807, 2.05) is 57.3 Å². The van der Waals surface area contributed by atoms with Crippen molar-refractivity contribution in [1.29, 1.82) is 0 Å². The van der Waals surface area contributed by atoms with E-state index in [-0.39, 0.29) is 17.7 Å². The average molecular weight is 840 g/mol. The third kappa shape index (κ3) is 9.65. The van der Waals surface area contributed by atoms with Crippen LogP contribution in [0.3, 0.4) is 0 Å². The number of nitrogens with zero attached hydrogens (tertiary/aromatic N) is 7. The number of amides is 1. The molecular formula is C47H60F3N9O2. The van der Waals surface area contributed by atoms with Crippen LogP contribution in [0, 0.1) is 11.3 Å². The summed E-state index contributed by atoms with van der Waals surface area (Å²) >= 11 is 0. The summed E-state index contributed by atoms with van der Waals surface area (Å²) in [6.07, 6.45) is 8.79. The second kappa shape index (κ2) is 17.9. The molecule has 1 saturated carbocycles. The van der Waals surface area contributed by atoms with Gasteiger partial charge in [-0.05, 0) is 118 Å². The van der Waals surface area contributed by atoms with Crippen molar-refractivity contribution < 1.29 is 22.8 Å². The first-order valence-electron chi connectivity index (χ1n) is 22.2. The highest BCUT2D eigenvalue weighted by Crippen LogP contribution is 2.53. The number of piperidine rings is 1. The van der Waals surface area contributed by atoms with Gasteiger partial charge in [0.25, 0.3) is 5.91 Å². The van der Waals surface area contributed by atoms with Crippen LogP contribution in [0.5, 0.6) is 0 Å². The Balaban J connectivity index is 0.801. The van der Waals surface area contributed by atoms with E-state index in [1.165, 1.54) is 12.8 Å². The van der Waals surface area contributed by atoms with Crippen LogP contribution in [0.1, 0.15) is 105 Å². The Morgan fingerprint density at radius 1 is 0.934 bits per heavy atom. The van der Waals surface area contributed by atoms with E-state index in [0.717, 1.165) is 104 Å². The molecule has 326 valence electrons. The number of rotatable bonds is 14. The highest BCUT2D eigenvalue weighted by atomic mass is 19.4. The lowest BCUT2D eigenvalue weighted by Crippen LogP contribution is -2.52. The Morgan fingerprint density at radius 2 is 1.64 bits per heavy atom. The lowest BCUT2D eigenvalue weighted by molar-refractivity contribution is -0.155. The third-order valence-electron chi connectivity index (χ3n) is 13.8. The van der Waals surface area contributed by atoms with Gasteiger partial charge < -0.3 is 15.1 Å². The molecule has 11 nitrogen and oxygen atoms in total. The molecule has 0 bridgehead atoms. The van der Waals surface area contributed by atoms with Gasteiger partial charge in [-0.1, -0.05) is 18.6 Å². The number of benzene rings is 1. The van der Waals surface area contributed by atoms with E-state index in [2.05, 4.69) is 41.8 Å². The Bertz CT molecular complexity index is 2170. The van der Waals surface area contributed by atoms with Gasteiger partial charge in [0.2, 0.25) is 0 Å². The van der Waals surface area contributed by atoms with Crippen LogP contribution in [0.4, 0.5) is 24.5 Å². The van der Waals surface area contributed by atoms with E-state index >= 15 is 0 Å². The Kier molecular flexibility index (Phi) is 12.6. The van der Waals surface area contributed by atoms with E-state index in [1.54, 1.807) is 23.4 Å². The molecule has 3 aromatic heterocycles. The number of anilines is 2. The summed E-state index contributed by atoms with van der Waals surface area (Å²) in [6.45, 7) is 15.5. The molecule has 8 rings (SSSR count). The van der Waals surface area contributed by atoms with Crippen molar-refractivity contribution in [2.24, 2.45) is 11.3 Å². The van der Waals surface area contributed by atoms with Crippen LogP contribution in [-0.2, 0) is 11.2 Å². The molecule has 14 heteroatoms. The molecule has 1 aliphatic carbocycles. The molecule has 1 aromatic carbocycles. The maximum Gasteiger partial charge on any atom is 0.401 e. The van der Waals surface area contributed by atoms with Gasteiger partial charge in [-0.15, -0.1) is 6.58 Å². The van der Waals surface area contributed by atoms with Crippen molar-refractivity contribution >= 4 is 34.0 Å². The molecule has 6 heterocycles. The number of carbonyl (C=O) groups is 2. The molecule has 3 atom stereocenters. The number of pyridine rings is 2. The second-order valence-electron chi connectivity index (χ2n) is 18.3. The number of halogens is 3. The van der Waals surface area contributed by atoms with Crippen molar-refractivity contribution in [3.63, 3.8) is 0 Å². The van der Waals surface area contributed by atoms with E-state index < -0.39 is 24.8 Å². The number of alkyl halides is 3. The van der Waals surface area contributed by atoms with Gasteiger partial charge in [0.1, 0.15) is 5.69 Å². The third-order valence-corrected chi connectivity index (χ3v) is 13.8. The summed E-state index contributed by atoms with van der Waals surface area (Å²) in [5, 5.41) is 11.1. The van der Waals surface area contributed by atoms with Crippen LogP contribution >= 0.6 is 0 Å². The number of fused-ring (bicyclic) bond motifs is 3. The molecule has 2 unspecified atom stereocenters. The Hall–Kier alpha value is -4.82. The summed E-state index contributed by atoms with van der Waals surface area (Å²) in [5.41, 5.74) is 7.16. The number of piperazine rings is 1. The molecule has 2 saturated heterocycles. The molecule has 4 aliphatic rings. The molecule has 2 N–H and O–H groups in total. The lowest BCUT2D eigenvalue weighted by Gasteiger charge is -2.54. The first-order chi connectivity index (χ1) is 29.3. The van der Waals surface area contributed by atoms with Crippen LogP contribution in [0.2, 0.25) is 0 Å². The van der Waals surface area contributed by atoms with Crippen LogP contribution in [0.25, 0.3) is 10.9 Å². The van der Waals surface area contributed by atoms with E-state index in [4.69, 9.17) is 4.98 Å². The largest absolute Gasteiger partial charge is 0.401 e. The normalized spacial score (nSPS) is 21.6. The first-order valence-corrected chi connectivity index (χ1v) is 22.2. The van der Waals surface area contributed by atoms with Gasteiger partial charge in [0, 0.05) is 63.7 Å². The van der Waals surface area contributed by atoms with Crippen LogP contribution < -0.4 is 15.1 Å². The number of Topliss-reactive ketones (excluding diaryl/α,β-unsaturated/α-hetero) is 1. The van der Waals surface area contributed by atoms with Crippen molar-refractivity contribution in [2.45, 2.75) is 103 Å². The maximum absolute atomic E-state index is 13.9. The van der Waals surface area contributed by atoms with Crippen molar-refractivity contribution in [3.05, 3.63) is 89.7 Å². The van der Waals surface area contributed by atoms with Gasteiger partial charge in [0.15, 0.2) is 5.78 Å². The zero-order valence-electron chi connectivity index (χ0n) is 35.8. The molecule has 3 aliphatic heterocycles. The van der Waals surface area contributed by atoms with Crippen molar-refractivity contribution in [2.75, 3.05) is 62.2 Å². The highest BCUT2D eigenvalue weighted by molar-refractivity contribution is 5.96. The summed E-state index contributed by atoms with van der Waals surface area (Å²) < 4.78 is 41.7. The predicted octanol–water partition coefficient (Wildman–Crippen LogP) is 7.89. The van der Waals surface area contributed by atoms with Gasteiger partial charge in [0.05, 0.1) is 59.8 Å². The lowest BCUT2D eigenvalue weighted by atomic mass is 9.57. The van der Waals surface area contributed by atoms with E-state index in [0.29, 0.717) is 48.4 Å². The van der Waals surface area contributed by atoms with Crippen molar-refractivity contribution in [3.8, 4) is 0 Å². The number of hydrogen-bond acceptors (Lipinski definition) is 9. The minimum absolute atomic E-state index is 0.0475. The van der Waals surface area contributed by atoms with Gasteiger partial charge >= 0.3 is 6.18 Å². The molecule has 1 amide bonds. The standard InChI is InChI=1S/C47H60F3N9O2/c1-5-6-43(60)40(11-7-31(2)3)54-45(61)42-13-9-35(27-52-42)58-21-19-56(20-22-58)29-33-24-46(25-33)15-17-57(18-16-46)34-8-12-41(51-26-34)44-36-10-14-39-38(28-53-55-39)37(36)23-32(4)59(44)30-47(48,49)50/h8-10,12-14,26-28,32-33,40,44H,2,5-7,11,15-25,29-30H2,1,3-4H3,(H,53,55)(H,54,61)/t32-,40?,44?/m1/s1. The monoisotopic (exact) mass is 839 g/mol. The predicted molar refractivity (Wildman–Crippen MR) is 233 cm³/mol. The fraction of sp³-hybridized carbons (Fsp3) is 0.553. The number of hydrogen-bond donors (Lipinski definition) is 2.